The minimum absolute atomic E-state index is 0.158. The van der Waals surface area contributed by atoms with E-state index in [1.165, 1.54) is 11.8 Å². The molecule has 0 radical (unpaired) electrons. The number of nitrogens with zero attached hydrogens (tertiary/aromatic N) is 6. The second-order valence-electron chi connectivity index (χ2n) is 6.27. The van der Waals surface area contributed by atoms with E-state index >= 15 is 0 Å². The van der Waals surface area contributed by atoms with Gasteiger partial charge in [0.25, 0.3) is 5.91 Å². The highest BCUT2D eigenvalue weighted by Crippen LogP contribution is 2.29. The van der Waals surface area contributed by atoms with Gasteiger partial charge in [0.1, 0.15) is 11.8 Å². The molecule has 2 atom stereocenters. The SMILES string of the molecule is C=CCn1c(SC(C)C2=NC(=O)C3C=CC=CC3=N2)nnc1-c1ccncc1. The predicted octanol–water partition coefficient (Wildman–Crippen LogP) is 3.13. The zero-order chi connectivity index (χ0) is 19.5. The maximum absolute atomic E-state index is 12.3. The molecular weight excluding hydrogens is 372 g/mol. The fourth-order valence-corrected chi connectivity index (χ4v) is 3.87. The van der Waals surface area contributed by atoms with Crippen molar-refractivity contribution in [3.8, 4) is 11.4 Å². The summed E-state index contributed by atoms with van der Waals surface area (Å²) in [7, 11) is 0. The monoisotopic (exact) mass is 390 g/mol. The van der Waals surface area contributed by atoms with E-state index in [0.717, 1.165) is 22.3 Å². The lowest BCUT2D eigenvalue weighted by atomic mass is 9.96. The van der Waals surface area contributed by atoms with E-state index in [1.807, 2.05) is 47.9 Å². The van der Waals surface area contributed by atoms with Crippen LogP contribution in [0.5, 0.6) is 0 Å². The van der Waals surface area contributed by atoms with Gasteiger partial charge in [0.15, 0.2) is 11.0 Å². The minimum atomic E-state index is -0.367. The molecular formula is C20H18N6OS. The summed E-state index contributed by atoms with van der Waals surface area (Å²) in [6, 6.07) is 3.78. The van der Waals surface area contributed by atoms with Crippen LogP contribution in [0.15, 0.2) is 76.6 Å². The van der Waals surface area contributed by atoms with Gasteiger partial charge in [0.05, 0.1) is 11.0 Å². The molecule has 0 bridgehead atoms. The van der Waals surface area contributed by atoms with E-state index in [-0.39, 0.29) is 17.1 Å². The third kappa shape index (κ3) is 3.50. The predicted molar refractivity (Wildman–Crippen MR) is 110 cm³/mol. The van der Waals surface area contributed by atoms with Crippen molar-refractivity contribution in [2.45, 2.75) is 23.9 Å². The van der Waals surface area contributed by atoms with Crippen LogP contribution >= 0.6 is 11.8 Å². The third-order valence-corrected chi connectivity index (χ3v) is 5.42. The number of hydrogen-bond donors (Lipinski definition) is 0. The molecule has 28 heavy (non-hydrogen) atoms. The van der Waals surface area contributed by atoms with Gasteiger partial charge in [0.2, 0.25) is 0 Å². The number of hydrogen-bond acceptors (Lipinski definition) is 6. The summed E-state index contributed by atoms with van der Waals surface area (Å²) < 4.78 is 1.98. The summed E-state index contributed by atoms with van der Waals surface area (Å²) in [5, 5.41) is 9.24. The van der Waals surface area contributed by atoms with Crippen molar-refractivity contribution >= 4 is 29.2 Å². The Kier molecular flexibility index (Phi) is 5.12. The molecule has 0 saturated carbocycles. The molecule has 8 heteroatoms. The van der Waals surface area contributed by atoms with E-state index in [9.17, 15) is 4.79 Å². The van der Waals surface area contributed by atoms with Gasteiger partial charge in [-0.05, 0) is 25.1 Å². The molecule has 1 aliphatic heterocycles. The quantitative estimate of drug-likeness (QED) is 0.559. The Morgan fingerprint density at radius 2 is 2.07 bits per heavy atom. The number of amidine groups is 1. The van der Waals surface area contributed by atoms with Crippen molar-refractivity contribution < 1.29 is 4.79 Å². The van der Waals surface area contributed by atoms with Gasteiger partial charge in [-0.2, -0.15) is 4.99 Å². The van der Waals surface area contributed by atoms with Crippen LogP contribution < -0.4 is 0 Å². The largest absolute Gasteiger partial charge is 0.298 e. The average molecular weight is 390 g/mol. The number of rotatable bonds is 6. The molecule has 2 aromatic heterocycles. The zero-order valence-electron chi connectivity index (χ0n) is 15.3. The smallest absolute Gasteiger partial charge is 0.260 e. The molecule has 0 spiro atoms. The first kappa shape index (κ1) is 18.2. The third-order valence-electron chi connectivity index (χ3n) is 4.35. The Balaban J connectivity index is 1.61. The number of carbonyl (C=O) groups is 1. The van der Waals surface area contributed by atoms with Crippen LogP contribution in [-0.4, -0.2) is 42.5 Å². The fourth-order valence-electron chi connectivity index (χ4n) is 2.96. The van der Waals surface area contributed by atoms with Gasteiger partial charge in [-0.25, -0.2) is 4.99 Å². The summed E-state index contributed by atoms with van der Waals surface area (Å²) in [5.74, 6) is 0.692. The second kappa shape index (κ2) is 7.85. The number of allylic oxidation sites excluding steroid dienone is 4. The van der Waals surface area contributed by atoms with E-state index in [1.54, 1.807) is 18.5 Å². The van der Waals surface area contributed by atoms with E-state index < -0.39 is 0 Å². The summed E-state index contributed by atoms with van der Waals surface area (Å²) in [6.45, 7) is 6.36. The van der Waals surface area contributed by atoms with E-state index in [2.05, 4.69) is 31.7 Å². The van der Waals surface area contributed by atoms with Gasteiger partial charge in [-0.3, -0.25) is 14.3 Å². The molecule has 2 aliphatic rings. The Hall–Kier alpha value is -3.13. The van der Waals surface area contributed by atoms with Crippen molar-refractivity contribution in [1.82, 2.24) is 19.7 Å². The Bertz CT molecular complexity index is 1030. The number of aliphatic imine (C=N–C) groups is 2. The minimum Gasteiger partial charge on any atom is -0.298 e. The summed E-state index contributed by atoms with van der Waals surface area (Å²) >= 11 is 1.47. The molecule has 1 amide bonds. The molecule has 0 fully saturated rings. The fraction of sp³-hybridized carbons (Fsp3) is 0.200. The number of thioether (sulfide) groups is 1. The van der Waals surface area contributed by atoms with Gasteiger partial charge >= 0.3 is 0 Å². The second-order valence-corrected chi connectivity index (χ2v) is 7.58. The van der Waals surface area contributed by atoms with Crippen LogP contribution in [0.3, 0.4) is 0 Å². The number of carbonyl (C=O) groups excluding carboxylic acids is 1. The highest BCUT2D eigenvalue weighted by Gasteiger charge is 2.29. The highest BCUT2D eigenvalue weighted by molar-refractivity contribution is 8.00. The molecule has 0 aromatic carbocycles. The first-order chi connectivity index (χ1) is 13.7. The topological polar surface area (TPSA) is 85.4 Å². The summed E-state index contributed by atoms with van der Waals surface area (Å²) in [4.78, 5) is 25.2. The zero-order valence-corrected chi connectivity index (χ0v) is 16.1. The lowest BCUT2D eigenvalue weighted by molar-refractivity contribution is -0.118. The van der Waals surface area contributed by atoms with Gasteiger partial charge in [0, 0.05) is 24.5 Å². The summed E-state index contributed by atoms with van der Waals surface area (Å²) in [5.41, 5.74) is 1.66. The van der Waals surface area contributed by atoms with Crippen molar-refractivity contribution in [3.63, 3.8) is 0 Å². The lowest BCUT2D eigenvalue weighted by Crippen LogP contribution is -2.30. The van der Waals surface area contributed by atoms with E-state index in [4.69, 9.17) is 0 Å². The molecule has 1 aliphatic carbocycles. The van der Waals surface area contributed by atoms with E-state index in [0.29, 0.717) is 12.4 Å². The Morgan fingerprint density at radius 1 is 1.25 bits per heavy atom. The lowest BCUT2D eigenvalue weighted by Gasteiger charge is -2.20. The average Bonchev–Trinajstić information content (AvgIpc) is 3.11. The molecule has 0 saturated heterocycles. The first-order valence-corrected chi connectivity index (χ1v) is 9.72. The first-order valence-electron chi connectivity index (χ1n) is 8.84. The summed E-state index contributed by atoms with van der Waals surface area (Å²) in [6.07, 6.45) is 12.6. The molecule has 2 aromatic rings. The highest BCUT2D eigenvalue weighted by atomic mass is 32.2. The van der Waals surface area contributed by atoms with Crippen LogP contribution in [-0.2, 0) is 11.3 Å². The number of fused-ring (bicyclic) bond motifs is 1. The molecule has 3 heterocycles. The maximum Gasteiger partial charge on any atom is 0.260 e. The van der Waals surface area contributed by atoms with Crippen molar-refractivity contribution in [3.05, 3.63) is 61.5 Å². The standard InChI is InChI=1S/C20H18N6OS/c1-3-12-26-18(14-8-10-21-11-9-14)24-25-20(26)28-13(2)17-22-16-7-5-4-6-15(16)19(27)23-17/h3-11,13,15H,1,12H2,2H3. The Labute approximate surface area is 166 Å². The number of amides is 1. The molecule has 140 valence electrons. The van der Waals surface area contributed by atoms with Crippen molar-refractivity contribution in [2.24, 2.45) is 15.9 Å². The number of pyridine rings is 1. The van der Waals surface area contributed by atoms with Gasteiger partial charge in [-0.1, -0.05) is 36.1 Å². The van der Waals surface area contributed by atoms with Crippen molar-refractivity contribution in [2.75, 3.05) is 0 Å². The molecule has 4 rings (SSSR count). The number of aromatic nitrogens is 4. The van der Waals surface area contributed by atoms with Crippen LogP contribution in [0.25, 0.3) is 11.4 Å². The van der Waals surface area contributed by atoms with Crippen LogP contribution in [0.2, 0.25) is 0 Å². The van der Waals surface area contributed by atoms with Gasteiger partial charge in [-0.15, -0.1) is 16.8 Å². The van der Waals surface area contributed by atoms with Crippen LogP contribution in [0.1, 0.15) is 6.92 Å². The molecule has 2 unspecified atom stereocenters. The molecule has 7 nitrogen and oxygen atoms in total. The van der Waals surface area contributed by atoms with Crippen LogP contribution in [0.4, 0.5) is 0 Å². The Morgan fingerprint density at radius 3 is 2.86 bits per heavy atom. The van der Waals surface area contributed by atoms with Gasteiger partial charge < -0.3 is 0 Å². The van der Waals surface area contributed by atoms with Crippen LogP contribution in [0, 0.1) is 5.92 Å². The normalized spacial score (nSPS) is 19.0. The van der Waals surface area contributed by atoms with Crippen molar-refractivity contribution in [1.29, 1.82) is 0 Å². The maximum atomic E-state index is 12.3. The molecule has 0 N–H and O–H groups in total.